The van der Waals surface area contributed by atoms with Crippen LogP contribution in [0.15, 0.2) is 65.5 Å². The molecule has 0 aliphatic heterocycles. The molecule has 3 heterocycles. The molecule has 132 valence electrons. The molecule has 0 bridgehead atoms. The summed E-state index contributed by atoms with van der Waals surface area (Å²) in [4.78, 5) is 8.36. The van der Waals surface area contributed by atoms with Gasteiger partial charge in [0.05, 0.1) is 30.1 Å². The number of ether oxygens (including phenoxy) is 2. The Bertz CT molecular complexity index is 1130. The predicted octanol–water partition coefficient (Wildman–Crippen LogP) is 4.35. The lowest BCUT2D eigenvalue weighted by Gasteiger charge is -2.06. The fourth-order valence-electron chi connectivity index (χ4n) is 2.71. The van der Waals surface area contributed by atoms with Gasteiger partial charge >= 0.3 is 0 Å². The molecule has 0 radical (unpaired) electrons. The molecule has 0 saturated carbocycles. The molecule has 0 amide bonds. The van der Waals surface area contributed by atoms with Gasteiger partial charge in [-0.15, -0.1) is 0 Å². The zero-order valence-electron chi connectivity index (χ0n) is 14.5. The molecule has 0 atom stereocenters. The first-order chi connectivity index (χ1) is 13.3. The minimum atomic E-state index is 0.349. The summed E-state index contributed by atoms with van der Waals surface area (Å²) < 4.78 is 16.8. The van der Waals surface area contributed by atoms with Gasteiger partial charge in [0.1, 0.15) is 35.5 Å². The van der Waals surface area contributed by atoms with Crippen molar-refractivity contribution in [1.29, 1.82) is 5.26 Å². The predicted molar refractivity (Wildman–Crippen MR) is 99.3 cm³/mol. The molecule has 6 heteroatoms. The Hall–Kier alpha value is -3.85. The van der Waals surface area contributed by atoms with Gasteiger partial charge in [-0.1, -0.05) is 0 Å². The van der Waals surface area contributed by atoms with Crippen molar-refractivity contribution >= 4 is 11.0 Å². The van der Waals surface area contributed by atoms with Crippen LogP contribution >= 0.6 is 0 Å². The van der Waals surface area contributed by atoms with Crippen molar-refractivity contribution in [3.63, 3.8) is 0 Å². The van der Waals surface area contributed by atoms with Crippen LogP contribution in [0.3, 0.4) is 0 Å². The average molecular weight is 357 g/mol. The lowest BCUT2D eigenvalue weighted by Crippen LogP contribution is -1.98. The summed E-state index contributed by atoms with van der Waals surface area (Å²) in [6, 6.07) is 15.0. The van der Waals surface area contributed by atoms with Crippen LogP contribution in [0.4, 0.5) is 0 Å². The minimum absolute atomic E-state index is 0.349. The molecule has 0 fully saturated rings. The van der Waals surface area contributed by atoms with Gasteiger partial charge in [0, 0.05) is 17.8 Å². The smallest absolute Gasteiger partial charge is 0.138 e. The van der Waals surface area contributed by atoms with Gasteiger partial charge in [0.25, 0.3) is 0 Å². The van der Waals surface area contributed by atoms with Gasteiger partial charge < -0.3 is 13.9 Å². The quantitative estimate of drug-likeness (QED) is 0.528. The number of fused-ring (bicyclic) bond motifs is 1. The number of methoxy groups -OCH3 is 1. The Morgan fingerprint density at radius 2 is 1.96 bits per heavy atom. The summed E-state index contributed by atoms with van der Waals surface area (Å²) in [5.74, 6) is 2.01. The molecular weight excluding hydrogens is 342 g/mol. The first-order valence-electron chi connectivity index (χ1n) is 8.26. The second-order valence-electron chi connectivity index (χ2n) is 5.82. The largest absolute Gasteiger partial charge is 0.495 e. The molecule has 0 spiro atoms. The van der Waals surface area contributed by atoms with Crippen LogP contribution in [-0.4, -0.2) is 17.1 Å². The van der Waals surface area contributed by atoms with Gasteiger partial charge in [0.2, 0.25) is 0 Å². The third-order valence-corrected chi connectivity index (χ3v) is 4.11. The van der Waals surface area contributed by atoms with E-state index in [1.165, 1.54) is 0 Å². The standard InChI is InChI=1S/C21H15N3O3/c1-25-18-3-2-16(24-11-18)13-26-17-4-5-20-15(8-17)9-21(27-20)19-12-23-7-6-14(19)10-22/h2-9,11-12H,13H2,1H3. The van der Waals surface area contributed by atoms with Crippen molar-refractivity contribution in [2.24, 2.45) is 0 Å². The number of furan rings is 1. The highest BCUT2D eigenvalue weighted by molar-refractivity contribution is 5.84. The number of nitrogens with zero attached hydrogens (tertiary/aromatic N) is 3. The average Bonchev–Trinajstić information content (AvgIpc) is 3.15. The van der Waals surface area contributed by atoms with E-state index in [1.54, 1.807) is 31.8 Å². The summed E-state index contributed by atoms with van der Waals surface area (Å²) >= 11 is 0. The zero-order valence-corrected chi connectivity index (χ0v) is 14.5. The Labute approximate surface area is 155 Å². The molecule has 0 unspecified atom stereocenters. The molecule has 0 N–H and O–H groups in total. The minimum Gasteiger partial charge on any atom is -0.495 e. The first kappa shape index (κ1) is 16.6. The van der Waals surface area contributed by atoms with E-state index in [4.69, 9.17) is 13.9 Å². The van der Waals surface area contributed by atoms with Crippen LogP contribution in [0.2, 0.25) is 0 Å². The molecule has 4 aromatic rings. The third kappa shape index (κ3) is 3.44. The lowest BCUT2D eigenvalue weighted by atomic mass is 10.1. The van der Waals surface area contributed by atoms with Crippen molar-refractivity contribution in [2.45, 2.75) is 6.61 Å². The Kier molecular flexibility index (Phi) is 4.42. The number of aromatic nitrogens is 2. The van der Waals surface area contributed by atoms with E-state index in [0.717, 1.165) is 11.1 Å². The van der Waals surface area contributed by atoms with Gasteiger partial charge in [-0.2, -0.15) is 5.26 Å². The Morgan fingerprint density at radius 3 is 2.74 bits per heavy atom. The Balaban J connectivity index is 1.56. The number of hydrogen-bond acceptors (Lipinski definition) is 6. The SMILES string of the molecule is COc1ccc(COc2ccc3oc(-c4cnccc4C#N)cc3c2)nc1. The van der Waals surface area contributed by atoms with Crippen molar-refractivity contribution in [1.82, 2.24) is 9.97 Å². The maximum atomic E-state index is 9.26. The van der Waals surface area contributed by atoms with E-state index < -0.39 is 0 Å². The maximum Gasteiger partial charge on any atom is 0.138 e. The lowest BCUT2D eigenvalue weighted by molar-refractivity contribution is 0.301. The van der Waals surface area contributed by atoms with Crippen LogP contribution in [-0.2, 0) is 6.61 Å². The van der Waals surface area contributed by atoms with E-state index in [1.807, 2.05) is 36.4 Å². The molecule has 1 aromatic carbocycles. The Morgan fingerprint density at radius 1 is 1.07 bits per heavy atom. The highest BCUT2D eigenvalue weighted by Crippen LogP contribution is 2.31. The molecule has 3 aromatic heterocycles. The van der Waals surface area contributed by atoms with Gasteiger partial charge in [-0.3, -0.25) is 9.97 Å². The first-order valence-corrected chi connectivity index (χ1v) is 8.26. The van der Waals surface area contributed by atoms with E-state index in [0.29, 0.717) is 40.6 Å². The van der Waals surface area contributed by atoms with Gasteiger partial charge in [-0.25, -0.2) is 0 Å². The number of pyridine rings is 2. The fourth-order valence-corrected chi connectivity index (χ4v) is 2.71. The van der Waals surface area contributed by atoms with E-state index in [9.17, 15) is 5.26 Å². The van der Waals surface area contributed by atoms with Crippen LogP contribution in [0.25, 0.3) is 22.3 Å². The van der Waals surface area contributed by atoms with Crippen LogP contribution < -0.4 is 9.47 Å². The maximum absolute atomic E-state index is 9.26. The van der Waals surface area contributed by atoms with Gasteiger partial charge in [0.15, 0.2) is 0 Å². The topological polar surface area (TPSA) is 81.2 Å². The number of rotatable bonds is 5. The molecule has 27 heavy (non-hydrogen) atoms. The fraction of sp³-hybridized carbons (Fsp3) is 0.0952. The third-order valence-electron chi connectivity index (χ3n) is 4.11. The zero-order chi connectivity index (χ0) is 18.6. The number of nitriles is 1. The normalized spacial score (nSPS) is 10.5. The summed E-state index contributed by atoms with van der Waals surface area (Å²) in [5.41, 5.74) is 2.71. The van der Waals surface area contributed by atoms with Crippen LogP contribution in [0, 0.1) is 11.3 Å². The molecular formula is C21H15N3O3. The molecule has 4 rings (SSSR count). The molecule has 0 aliphatic carbocycles. The van der Waals surface area contributed by atoms with Crippen molar-refractivity contribution in [3.8, 4) is 28.9 Å². The highest BCUT2D eigenvalue weighted by Gasteiger charge is 2.11. The molecule has 6 nitrogen and oxygen atoms in total. The molecule has 0 aliphatic rings. The van der Waals surface area contributed by atoms with E-state index >= 15 is 0 Å². The summed E-state index contributed by atoms with van der Waals surface area (Å²) in [5, 5.41) is 10.1. The number of hydrogen-bond donors (Lipinski definition) is 0. The highest BCUT2D eigenvalue weighted by atomic mass is 16.5. The summed E-state index contributed by atoms with van der Waals surface area (Å²) in [7, 11) is 1.60. The second kappa shape index (κ2) is 7.18. The van der Waals surface area contributed by atoms with Crippen LogP contribution in [0.1, 0.15) is 11.3 Å². The van der Waals surface area contributed by atoms with Crippen LogP contribution in [0.5, 0.6) is 11.5 Å². The van der Waals surface area contributed by atoms with E-state index in [-0.39, 0.29) is 0 Å². The van der Waals surface area contributed by atoms with Crippen molar-refractivity contribution in [3.05, 3.63) is 72.3 Å². The molecule has 0 saturated heterocycles. The van der Waals surface area contributed by atoms with E-state index in [2.05, 4.69) is 16.0 Å². The summed E-state index contributed by atoms with van der Waals surface area (Å²) in [6.45, 7) is 0.349. The monoisotopic (exact) mass is 357 g/mol. The second-order valence-corrected chi connectivity index (χ2v) is 5.82. The summed E-state index contributed by atoms with van der Waals surface area (Å²) in [6.07, 6.45) is 4.87. The van der Waals surface area contributed by atoms with Crippen molar-refractivity contribution < 1.29 is 13.9 Å². The van der Waals surface area contributed by atoms with Gasteiger partial charge in [-0.05, 0) is 42.5 Å². The van der Waals surface area contributed by atoms with Crippen molar-refractivity contribution in [2.75, 3.05) is 7.11 Å². The number of benzene rings is 1.